The lowest BCUT2D eigenvalue weighted by atomic mass is 10.1. The zero-order chi connectivity index (χ0) is 16.7. The summed E-state index contributed by atoms with van der Waals surface area (Å²) in [5.74, 6) is 1.41. The summed E-state index contributed by atoms with van der Waals surface area (Å²) in [4.78, 5) is 14.6. The Morgan fingerprint density at radius 3 is 2.14 bits per heavy atom. The van der Waals surface area contributed by atoms with E-state index in [9.17, 15) is 4.79 Å². The van der Waals surface area contributed by atoms with Gasteiger partial charge in [0.1, 0.15) is 11.5 Å². The molecule has 0 heterocycles. The molecule has 0 fully saturated rings. The van der Waals surface area contributed by atoms with Crippen LogP contribution in [0.2, 0.25) is 0 Å². The predicted octanol–water partition coefficient (Wildman–Crippen LogP) is 3.79. The van der Waals surface area contributed by atoms with Gasteiger partial charge < -0.3 is 9.47 Å². The molecule has 1 rings (SSSR count). The van der Waals surface area contributed by atoms with E-state index in [1.54, 1.807) is 6.07 Å². The lowest BCUT2D eigenvalue weighted by molar-refractivity contribution is 0.0931. The monoisotopic (exact) mass is 307 g/mol. The molecule has 0 bridgehead atoms. The number of carbonyl (C=O) groups excluding carboxylic acids is 1. The van der Waals surface area contributed by atoms with Crippen LogP contribution in [-0.4, -0.2) is 42.5 Å². The van der Waals surface area contributed by atoms with Gasteiger partial charge in [-0.05, 0) is 52.9 Å². The van der Waals surface area contributed by atoms with Crippen LogP contribution in [0.3, 0.4) is 0 Å². The summed E-state index contributed by atoms with van der Waals surface area (Å²) in [5, 5.41) is 0. The van der Waals surface area contributed by atoms with Gasteiger partial charge in [-0.3, -0.25) is 9.69 Å². The van der Waals surface area contributed by atoms with Crippen molar-refractivity contribution in [2.45, 2.75) is 53.8 Å². The van der Waals surface area contributed by atoms with Crippen molar-refractivity contribution in [1.82, 2.24) is 4.90 Å². The molecule has 124 valence electrons. The minimum absolute atomic E-state index is 0.00861. The van der Waals surface area contributed by atoms with Gasteiger partial charge in [0.15, 0.2) is 5.78 Å². The molecule has 0 unspecified atom stereocenters. The van der Waals surface area contributed by atoms with E-state index in [1.165, 1.54) is 0 Å². The van der Waals surface area contributed by atoms with Crippen LogP contribution in [0.1, 0.15) is 51.9 Å². The Morgan fingerprint density at radius 1 is 1.05 bits per heavy atom. The smallest absolute Gasteiger partial charge is 0.180 e. The summed E-state index contributed by atoms with van der Waals surface area (Å²) in [6.45, 7) is 14.1. The minimum Gasteiger partial charge on any atom is -0.491 e. The first-order chi connectivity index (χ1) is 10.4. The molecule has 0 aliphatic heterocycles. The molecule has 0 radical (unpaired) electrons. The highest BCUT2D eigenvalue weighted by molar-refractivity contribution is 6.00. The maximum absolute atomic E-state index is 12.5. The van der Waals surface area contributed by atoms with Crippen molar-refractivity contribution < 1.29 is 14.3 Å². The molecule has 0 aliphatic carbocycles. The van der Waals surface area contributed by atoms with Crippen molar-refractivity contribution in [2.75, 3.05) is 19.6 Å². The van der Waals surface area contributed by atoms with Gasteiger partial charge >= 0.3 is 0 Å². The summed E-state index contributed by atoms with van der Waals surface area (Å²) in [6, 6.07) is 5.46. The van der Waals surface area contributed by atoms with Gasteiger partial charge in [-0.15, -0.1) is 0 Å². The van der Waals surface area contributed by atoms with E-state index in [2.05, 4.69) is 18.7 Å². The van der Waals surface area contributed by atoms with Crippen LogP contribution in [0, 0.1) is 0 Å². The first kappa shape index (κ1) is 18.5. The molecular formula is C18H29NO3. The number of benzene rings is 1. The van der Waals surface area contributed by atoms with Crippen LogP contribution >= 0.6 is 0 Å². The van der Waals surface area contributed by atoms with Crippen molar-refractivity contribution >= 4 is 5.78 Å². The number of hydrogen-bond donors (Lipinski definition) is 0. The average Bonchev–Trinajstić information content (AvgIpc) is 2.43. The fraction of sp³-hybridized carbons (Fsp3) is 0.611. The maximum atomic E-state index is 12.5. The number of hydrogen-bond acceptors (Lipinski definition) is 4. The second kappa shape index (κ2) is 8.79. The number of Topliss-reactive ketones (excluding diaryl/α,β-unsaturated/α-hetero) is 1. The molecule has 4 nitrogen and oxygen atoms in total. The topological polar surface area (TPSA) is 38.8 Å². The molecular weight excluding hydrogens is 278 g/mol. The lowest BCUT2D eigenvalue weighted by Gasteiger charge is -2.20. The van der Waals surface area contributed by atoms with Gasteiger partial charge in [-0.1, -0.05) is 13.8 Å². The van der Waals surface area contributed by atoms with Gasteiger partial charge in [0.2, 0.25) is 0 Å². The van der Waals surface area contributed by atoms with Crippen molar-refractivity contribution in [3.63, 3.8) is 0 Å². The van der Waals surface area contributed by atoms with Gasteiger partial charge in [-0.2, -0.15) is 0 Å². The van der Waals surface area contributed by atoms with Crippen molar-refractivity contribution in [3.05, 3.63) is 23.8 Å². The largest absolute Gasteiger partial charge is 0.491 e. The van der Waals surface area contributed by atoms with E-state index in [-0.39, 0.29) is 18.0 Å². The standard InChI is InChI=1S/C18H29NO3/c1-7-19(8-2)12-17(20)16-10-9-15(21-13(3)4)11-18(16)22-14(5)6/h9-11,13-14H,7-8,12H2,1-6H3. The van der Waals surface area contributed by atoms with Crippen LogP contribution in [0.4, 0.5) is 0 Å². The number of nitrogens with zero attached hydrogens (tertiary/aromatic N) is 1. The van der Waals surface area contributed by atoms with Crippen molar-refractivity contribution in [2.24, 2.45) is 0 Å². The maximum Gasteiger partial charge on any atom is 0.180 e. The Kier molecular flexibility index (Phi) is 7.39. The molecule has 0 aliphatic rings. The van der Waals surface area contributed by atoms with Gasteiger partial charge in [0, 0.05) is 6.07 Å². The highest BCUT2D eigenvalue weighted by Crippen LogP contribution is 2.27. The summed E-state index contributed by atoms with van der Waals surface area (Å²) in [6.07, 6.45) is 0.0958. The fourth-order valence-electron chi connectivity index (χ4n) is 2.17. The third-order valence-electron chi connectivity index (χ3n) is 3.25. The molecule has 0 N–H and O–H groups in total. The normalized spacial score (nSPS) is 11.3. The number of rotatable bonds is 9. The summed E-state index contributed by atoms with van der Waals surface area (Å²) in [7, 11) is 0. The SMILES string of the molecule is CCN(CC)CC(=O)c1ccc(OC(C)C)cc1OC(C)C. The van der Waals surface area contributed by atoms with Crippen LogP contribution in [0.25, 0.3) is 0 Å². The molecule has 0 spiro atoms. The van der Waals surface area contributed by atoms with Crippen LogP contribution in [0.15, 0.2) is 18.2 Å². The van der Waals surface area contributed by atoms with E-state index in [0.717, 1.165) is 18.8 Å². The Hall–Kier alpha value is -1.55. The average molecular weight is 307 g/mol. The zero-order valence-corrected chi connectivity index (χ0v) is 14.7. The Morgan fingerprint density at radius 2 is 1.64 bits per heavy atom. The van der Waals surface area contributed by atoms with E-state index >= 15 is 0 Å². The molecule has 0 saturated heterocycles. The third-order valence-corrected chi connectivity index (χ3v) is 3.25. The van der Waals surface area contributed by atoms with Crippen LogP contribution in [-0.2, 0) is 0 Å². The molecule has 22 heavy (non-hydrogen) atoms. The van der Waals surface area contributed by atoms with Gasteiger partial charge in [0.05, 0.1) is 24.3 Å². The second-order valence-corrected chi connectivity index (χ2v) is 5.88. The van der Waals surface area contributed by atoms with E-state index < -0.39 is 0 Å². The molecule has 0 atom stereocenters. The van der Waals surface area contributed by atoms with Crippen LogP contribution < -0.4 is 9.47 Å². The van der Waals surface area contributed by atoms with E-state index in [4.69, 9.17) is 9.47 Å². The molecule has 4 heteroatoms. The number of likely N-dealkylation sites (N-methyl/N-ethyl adjacent to an activating group) is 1. The summed E-state index contributed by atoms with van der Waals surface area (Å²) in [5.41, 5.74) is 0.622. The highest BCUT2D eigenvalue weighted by Gasteiger charge is 2.17. The zero-order valence-electron chi connectivity index (χ0n) is 14.7. The molecule has 0 saturated carbocycles. The van der Waals surface area contributed by atoms with E-state index in [0.29, 0.717) is 17.9 Å². The summed E-state index contributed by atoms with van der Waals surface area (Å²) < 4.78 is 11.5. The Bertz CT molecular complexity index is 479. The number of ketones is 1. The summed E-state index contributed by atoms with van der Waals surface area (Å²) >= 11 is 0. The van der Waals surface area contributed by atoms with E-state index in [1.807, 2.05) is 39.8 Å². The van der Waals surface area contributed by atoms with Gasteiger partial charge in [0.25, 0.3) is 0 Å². The number of carbonyl (C=O) groups is 1. The first-order valence-corrected chi connectivity index (χ1v) is 8.10. The van der Waals surface area contributed by atoms with Crippen LogP contribution in [0.5, 0.6) is 11.5 Å². The predicted molar refractivity (Wildman–Crippen MR) is 90.1 cm³/mol. The molecule has 1 aromatic carbocycles. The number of ether oxygens (including phenoxy) is 2. The lowest BCUT2D eigenvalue weighted by Crippen LogP contribution is -2.29. The van der Waals surface area contributed by atoms with Crippen molar-refractivity contribution in [1.29, 1.82) is 0 Å². The second-order valence-electron chi connectivity index (χ2n) is 5.88. The minimum atomic E-state index is 0.00861. The molecule has 0 aromatic heterocycles. The first-order valence-electron chi connectivity index (χ1n) is 8.10. The Labute approximate surface area is 134 Å². The van der Waals surface area contributed by atoms with Gasteiger partial charge in [-0.25, -0.2) is 0 Å². The fourth-order valence-corrected chi connectivity index (χ4v) is 2.17. The highest BCUT2D eigenvalue weighted by atomic mass is 16.5. The quantitative estimate of drug-likeness (QED) is 0.651. The molecule has 0 amide bonds. The third kappa shape index (κ3) is 5.68. The Balaban J connectivity index is 3.03. The van der Waals surface area contributed by atoms with Crippen molar-refractivity contribution in [3.8, 4) is 11.5 Å². The molecule has 1 aromatic rings.